The fourth-order valence-corrected chi connectivity index (χ4v) is 4.03. The molecule has 4 rings (SSSR count). The van der Waals surface area contributed by atoms with E-state index in [-0.39, 0.29) is 45.3 Å². The number of alkyl halides is 3. The standard InChI is InChI=1S/C18H13ClF3NO7.C12H9ClN2O3/c1-2-28-16(24)9-29-17(25)12-8-11(4-5-14(12)23(26)27)30-15-6-3-10(7-13(15)19)18(20,21)22;13-11-10(18-8-4-2-1-3-5-8)7-6-9(12(11)14)15(16)17/h3-8H,2,9H2,1H3;1-7H,14H2. The van der Waals surface area contributed by atoms with Gasteiger partial charge in [0.25, 0.3) is 11.4 Å². The molecule has 0 saturated heterocycles. The maximum absolute atomic E-state index is 12.7. The van der Waals surface area contributed by atoms with Gasteiger partial charge in [0.2, 0.25) is 0 Å². The van der Waals surface area contributed by atoms with E-state index in [0.717, 1.165) is 30.3 Å². The molecule has 4 aromatic carbocycles. The third-order valence-corrected chi connectivity index (χ3v) is 6.47. The van der Waals surface area contributed by atoms with Crippen molar-refractivity contribution in [2.75, 3.05) is 18.9 Å². The van der Waals surface area contributed by atoms with E-state index in [2.05, 4.69) is 4.74 Å². The highest BCUT2D eigenvalue weighted by Crippen LogP contribution is 2.39. The fourth-order valence-electron chi connectivity index (χ4n) is 3.61. The molecular formula is C30H22Cl2F3N3O10. The fraction of sp³-hybridized carbons (Fsp3) is 0.133. The van der Waals surface area contributed by atoms with Crippen LogP contribution in [0, 0.1) is 20.2 Å². The van der Waals surface area contributed by atoms with Crippen molar-refractivity contribution in [3.8, 4) is 23.0 Å². The van der Waals surface area contributed by atoms with E-state index in [1.165, 1.54) is 19.1 Å². The molecule has 0 aliphatic heterocycles. The van der Waals surface area contributed by atoms with E-state index in [4.69, 9.17) is 43.1 Å². The molecule has 0 spiro atoms. The van der Waals surface area contributed by atoms with Crippen LogP contribution in [0.4, 0.5) is 30.2 Å². The topological polar surface area (TPSA) is 183 Å². The molecule has 252 valence electrons. The number of nitro groups is 2. The van der Waals surface area contributed by atoms with Crippen LogP contribution in [0.25, 0.3) is 0 Å². The number of ether oxygens (including phenoxy) is 4. The lowest BCUT2D eigenvalue weighted by Gasteiger charge is -2.12. The van der Waals surface area contributed by atoms with Gasteiger partial charge in [-0.15, -0.1) is 0 Å². The molecule has 48 heavy (non-hydrogen) atoms. The predicted octanol–water partition coefficient (Wildman–Crippen LogP) is 8.40. The van der Waals surface area contributed by atoms with Gasteiger partial charge >= 0.3 is 18.1 Å². The molecule has 0 unspecified atom stereocenters. The molecule has 13 nitrogen and oxygen atoms in total. The third kappa shape index (κ3) is 9.94. The summed E-state index contributed by atoms with van der Waals surface area (Å²) in [5, 5.41) is 21.5. The lowest BCUT2D eigenvalue weighted by atomic mass is 10.1. The van der Waals surface area contributed by atoms with Crippen LogP contribution >= 0.6 is 23.2 Å². The molecule has 18 heteroatoms. The zero-order valence-corrected chi connectivity index (χ0v) is 25.9. The predicted molar refractivity (Wildman–Crippen MR) is 166 cm³/mol. The number of esters is 2. The van der Waals surface area contributed by atoms with Gasteiger partial charge in [-0.1, -0.05) is 41.4 Å². The summed E-state index contributed by atoms with van der Waals surface area (Å²) in [6.07, 6.45) is -4.61. The number of carbonyl (C=O) groups excluding carboxylic acids is 2. The Morgan fingerprint density at radius 3 is 2.00 bits per heavy atom. The van der Waals surface area contributed by atoms with E-state index < -0.39 is 51.4 Å². The SMILES string of the molecule is CCOC(=O)COC(=O)c1cc(Oc2ccc(C(F)(F)F)cc2Cl)ccc1[N+](=O)[O-].Nc1c([N+](=O)[O-])ccc(Oc2ccccc2)c1Cl. The number of para-hydroxylation sites is 1. The molecule has 0 fully saturated rings. The van der Waals surface area contributed by atoms with Crippen molar-refractivity contribution >= 4 is 52.2 Å². The van der Waals surface area contributed by atoms with Crippen LogP contribution in [0.15, 0.2) is 78.9 Å². The average molecular weight is 712 g/mol. The van der Waals surface area contributed by atoms with Gasteiger partial charge in [0.05, 0.1) is 27.0 Å². The highest BCUT2D eigenvalue weighted by Gasteiger charge is 2.31. The van der Waals surface area contributed by atoms with E-state index in [1.807, 2.05) is 6.07 Å². The van der Waals surface area contributed by atoms with Gasteiger partial charge < -0.3 is 24.7 Å². The molecule has 0 saturated carbocycles. The van der Waals surface area contributed by atoms with Crippen LogP contribution in [0.5, 0.6) is 23.0 Å². The number of nitrogens with zero attached hydrogens (tertiary/aromatic N) is 2. The maximum Gasteiger partial charge on any atom is 0.416 e. The highest BCUT2D eigenvalue weighted by atomic mass is 35.5. The molecule has 0 amide bonds. The van der Waals surface area contributed by atoms with Crippen LogP contribution in [0.1, 0.15) is 22.8 Å². The molecule has 0 radical (unpaired) electrons. The minimum absolute atomic E-state index is 0.0352. The van der Waals surface area contributed by atoms with Crippen LogP contribution in [-0.4, -0.2) is 35.0 Å². The summed E-state index contributed by atoms with van der Waals surface area (Å²) >= 11 is 11.7. The molecule has 2 N–H and O–H groups in total. The second-order valence-electron chi connectivity index (χ2n) is 9.04. The van der Waals surface area contributed by atoms with E-state index in [9.17, 15) is 43.0 Å². The van der Waals surface area contributed by atoms with Crippen molar-refractivity contribution in [1.29, 1.82) is 0 Å². The minimum Gasteiger partial charge on any atom is -0.463 e. The number of hydrogen-bond donors (Lipinski definition) is 1. The number of hydrogen-bond acceptors (Lipinski definition) is 11. The molecule has 0 bridgehead atoms. The monoisotopic (exact) mass is 711 g/mol. The second kappa shape index (κ2) is 16.3. The van der Waals surface area contributed by atoms with Crippen molar-refractivity contribution in [3.63, 3.8) is 0 Å². The first kappa shape index (κ1) is 36.9. The van der Waals surface area contributed by atoms with Gasteiger partial charge in [-0.25, -0.2) is 9.59 Å². The Hall–Kier alpha value is -5.61. The Kier molecular flexibility index (Phi) is 12.5. The summed E-state index contributed by atoms with van der Waals surface area (Å²) < 4.78 is 58.3. The quantitative estimate of drug-likeness (QED) is 0.0721. The Bertz CT molecular complexity index is 1830. The molecule has 0 aromatic heterocycles. The Labute approximate surface area is 278 Å². The van der Waals surface area contributed by atoms with Crippen LogP contribution < -0.4 is 15.2 Å². The van der Waals surface area contributed by atoms with Gasteiger partial charge in [-0.2, -0.15) is 13.2 Å². The number of rotatable bonds is 10. The molecule has 0 heterocycles. The maximum atomic E-state index is 12.7. The first-order valence-corrected chi connectivity index (χ1v) is 14.0. The molecule has 0 atom stereocenters. The molecule has 4 aromatic rings. The van der Waals surface area contributed by atoms with Crippen molar-refractivity contribution in [1.82, 2.24) is 0 Å². The third-order valence-electron chi connectivity index (χ3n) is 5.79. The number of nitrogen functional groups attached to an aromatic ring is 1. The number of anilines is 1. The minimum atomic E-state index is -4.61. The van der Waals surface area contributed by atoms with Gasteiger partial charge in [0, 0.05) is 18.2 Å². The van der Waals surface area contributed by atoms with Crippen molar-refractivity contribution in [2.45, 2.75) is 13.1 Å². The zero-order valence-electron chi connectivity index (χ0n) is 24.4. The van der Waals surface area contributed by atoms with Crippen LogP contribution in [0.2, 0.25) is 10.0 Å². The lowest BCUT2D eigenvalue weighted by molar-refractivity contribution is -0.385. The Morgan fingerprint density at radius 2 is 1.42 bits per heavy atom. The Balaban J connectivity index is 0.000000294. The van der Waals surface area contributed by atoms with Crippen LogP contribution in [0.3, 0.4) is 0 Å². The lowest BCUT2D eigenvalue weighted by Crippen LogP contribution is -2.17. The zero-order chi connectivity index (χ0) is 35.6. The largest absolute Gasteiger partial charge is 0.463 e. The molecule has 0 aliphatic rings. The average Bonchev–Trinajstić information content (AvgIpc) is 3.03. The van der Waals surface area contributed by atoms with Crippen molar-refractivity contribution in [2.24, 2.45) is 0 Å². The second-order valence-corrected chi connectivity index (χ2v) is 9.83. The highest BCUT2D eigenvalue weighted by molar-refractivity contribution is 6.35. The van der Waals surface area contributed by atoms with E-state index in [1.54, 1.807) is 24.3 Å². The van der Waals surface area contributed by atoms with Crippen molar-refractivity contribution < 1.29 is 51.6 Å². The number of nitrogens with two attached hydrogens (primary N) is 1. The summed E-state index contributed by atoms with van der Waals surface area (Å²) in [6.45, 7) is 0.825. The van der Waals surface area contributed by atoms with Gasteiger partial charge in [0.1, 0.15) is 39.3 Å². The molecule has 0 aliphatic carbocycles. The van der Waals surface area contributed by atoms with Gasteiger partial charge in [-0.3, -0.25) is 20.2 Å². The number of halogens is 5. The number of benzene rings is 4. The summed E-state index contributed by atoms with van der Waals surface area (Å²) in [5.41, 5.74) is 3.09. The first-order valence-electron chi connectivity index (χ1n) is 13.2. The van der Waals surface area contributed by atoms with E-state index >= 15 is 0 Å². The number of carbonyl (C=O) groups is 2. The Morgan fingerprint density at radius 1 is 0.812 bits per heavy atom. The summed E-state index contributed by atoms with van der Waals surface area (Å²) in [5.74, 6) is -1.50. The van der Waals surface area contributed by atoms with Crippen molar-refractivity contribution in [3.05, 3.63) is 120 Å². The summed E-state index contributed by atoms with van der Waals surface area (Å²) in [4.78, 5) is 43.8. The van der Waals surface area contributed by atoms with Gasteiger partial charge in [-0.05, 0) is 49.4 Å². The smallest absolute Gasteiger partial charge is 0.416 e. The summed E-state index contributed by atoms with van der Waals surface area (Å²) in [6, 6.07) is 17.0. The van der Waals surface area contributed by atoms with Gasteiger partial charge in [0.15, 0.2) is 6.61 Å². The summed E-state index contributed by atoms with van der Waals surface area (Å²) in [7, 11) is 0. The number of nitro benzene ring substituents is 2. The molecular weight excluding hydrogens is 690 g/mol. The first-order chi connectivity index (χ1) is 22.6. The van der Waals surface area contributed by atoms with Crippen LogP contribution in [-0.2, 0) is 20.4 Å². The van der Waals surface area contributed by atoms with E-state index in [0.29, 0.717) is 11.8 Å². The normalized spacial score (nSPS) is 10.6.